The summed E-state index contributed by atoms with van der Waals surface area (Å²) in [6.45, 7) is 1.76. The van der Waals surface area contributed by atoms with E-state index in [2.05, 4.69) is 5.32 Å². The summed E-state index contributed by atoms with van der Waals surface area (Å²) in [6.07, 6.45) is 0. The fraction of sp³-hybridized carbons (Fsp3) is 0.583. The van der Waals surface area contributed by atoms with E-state index >= 15 is 0 Å². The van der Waals surface area contributed by atoms with E-state index in [-0.39, 0.29) is 11.6 Å². The number of amides is 2. The van der Waals surface area contributed by atoms with Crippen molar-refractivity contribution < 1.29 is 23.9 Å². The fourth-order valence-electron chi connectivity index (χ4n) is 2.36. The molecule has 0 aromatic heterocycles. The lowest BCUT2D eigenvalue weighted by Crippen LogP contribution is -2.80. The van der Waals surface area contributed by atoms with Crippen molar-refractivity contribution in [2.75, 3.05) is 25.9 Å². The molecule has 2 rings (SSSR count). The van der Waals surface area contributed by atoms with Crippen LogP contribution in [0, 0.1) is 0 Å². The molecule has 0 saturated carbocycles. The Morgan fingerprint density at radius 1 is 1.52 bits per heavy atom. The maximum absolute atomic E-state index is 12.5. The summed E-state index contributed by atoms with van der Waals surface area (Å²) in [5, 5.41) is 1.96. The third-order valence-electron chi connectivity index (χ3n) is 3.37. The predicted molar refractivity (Wildman–Crippen MR) is 76.4 cm³/mol. The number of nitrogens with zero attached hydrogens (tertiary/aromatic N) is 1. The molecular weight excluding hydrogens is 320 g/mol. The number of ether oxygens (including phenoxy) is 2. The molecule has 0 aromatic rings. The van der Waals surface area contributed by atoms with E-state index in [4.69, 9.17) is 21.1 Å². The Kier molecular flexibility index (Phi) is 4.50. The van der Waals surface area contributed by atoms with Gasteiger partial charge in [-0.2, -0.15) is 0 Å². The zero-order chi connectivity index (χ0) is 15.8. The Labute approximate surface area is 131 Å². The molecule has 2 heterocycles. The Hall–Kier alpha value is -1.25. The predicted octanol–water partition coefficient (Wildman–Crippen LogP) is 0.0462. The van der Waals surface area contributed by atoms with Crippen molar-refractivity contribution in [3.8, 4) is 0 Å². The highest BCUT2D eigenvalue weighted by atomic mass is 35.5. The number of methoxy groups -OCH3 is 2. The molecule has 2 amide bonds. The average Bonchev–Trinajstić information content (AvgIpc) is 2.50. The van der Waals surface area contributed by atoms with Gasteiger partial charge in [0.2, 0.25) is 5.91 Å². The highest BCUT2D eigenvalue weighted by molar-refractivity contribution is 8.00. The molecule has 2 aliphatic heterocycles. The van der Waals surface area contributed by atoms with Gasteiger partial charge in [-0.1, -0.05) is 0 Å². The second-order valence-corrected chi connectivity index (χ2v) is 5.92. The number of esters is 1. The largest absolute Gasteiger partial charge is 0.464 e. The molecule has 2 atom stereocenters. The van der Waals surface area contributed by atoms with Crippen LogP contribution in [-0.2, 0) is 23.9 Å². The monoisotopic (exact) mass is 334 g/mol. The second-order valence-electron chi connectivity index (χ2n) is 4.58. The van der Waals surface area contributed by atoms with Gasteiger partial charge in [0, 0.05) is 12.9 Å². The van der Waals surface area contributed by atoms with Crippen LogP contribution in [0.25, 0.3) is 0 Å². The van der Waals surface area contributed by atoms with Crippen LogP contribution in [0.15, 0.2) is 11.3 Å². The van der Waals surface area contributed by atoms with Gasteiger partial charge in [0.25, 0.3) is 11.6 Å². The van der Waals surface area contributed by atoms with Gasteiger partial charge in [0.05, 0.1) is 7.11 Å². The summed E-state index contributed by atoms with van der Waals surface area (Å²) < 4.78 is 9.96. The number of carbonyl (C=O) groups is 3. The van der Waals surface area contributed by atoms with Crippen LogP contribution in [0.3, 0.4) is 0 Å². The average molecular weight is 335 g/mol. The minimum absolute atomic E-state index is 0.207. The molecule has 116 valence electrons. The first kappa shape index (κ1) is 16.1. The SMILES string of the molecule is COC(=O)C1=C(C)CS[C@H]2N1C(=O)[C@]2(NC(=O)CCl)OC. The van der Waals surface area contributed by atoms with Gasteiger partial charge in [-0.15, -0.1) is 23.4 Å². The zero-order valence-corrected chi connectivity index (χ0v) is 13.3. The molecule has 0 radical (unpaired) electrons. The van der Waals surface area contributed by atoms with Crippen molar-refractivity contribution in [2.24, 2.45) is 0 Å². The van der Waals surface area contributed by atoms with Gasteiger partial charge >= 0.3 is 5.97 Å². The van der Waals surface area contributed by atoms with Gasteiger partial charge in [-0.05, 0) is 12.5 Å². The van der Waals surface area contributed by atoms with Crippen molar-refractivity contribution in [3.05, 3.63) is 11.3 Å². The minimum atomic E-state index is -1.49. The Balaban J connectivity index is 2.34. The van der Waals surface area contributed by atoms with E-state index < -0.39 is 28.9 Å². The van der Waals surface area contributed by atoms with Crippen LogP contribution in [-0.4, -0.2) is 59.6 Å². The van der Waals surface area contributed by atoms with Gasteiger partial charge in [-0.3, -0.25) is 14.5 Å². The first-order valence-electron chi connectivity index (χ1n) is 6.08. The van der Waals surface area contributed by atoms with E-state index in [0.717, 1.165) is 5.57 Å². The van der Waals surface area contributed by atoms with Gasteiger partial charge in [-0.25, -0.2) is 4.79 Å². The third kappa shape index (κ3) is 2.31. The number of rotatable bonds is 4. The summed E-state index contributed by atoms with van der Waals surface area (Å²) in [7, 11) is 2.58. The highest BCUT2D eigenvalue weighted by Crippen LogP contribution is 2.46. The maximum atomic E-state index is 12.5. The Morgan fingerprint density at radius 2 is 2.19 bits per heavy atom. The lowest BCUT2D eigenvalue weighted by Gasteiger charge is -2.55. The normalized spacial score (nSPS) is 27.9. The molecule has 1 N–H and O–H groups in total. The molecule has 7 nitrogen and oxygen atoms in total. The van der Waals surface area contributed by atoms with Gasteiger partial charge in [0.1, 0.15) is 17.0 Å². The van der Waals surface area contributed by atoms with Crippen molar-refractivity contribution in [3.63, 3.8) is 0 Å². The van der Waals surface area contributed by atoms with E-state index in [1.807, 2.05) is 0 Å². The van der Waals surface area contributed by atoms with Crippen molar-refractivity contribution in [1.29, 1.82) is 0 Å². The summed E-state index contributed by atoms with van der Waals surface area (Å²) in [5.74, 6) is -1.37. The smallest absolute Gasteiger partial charge is 0.354 e. The van der Waals surface area contributed by atoms with E-state index in [1.54, 1.807) is 6.92 Å². The number of hydrogen-bond donors (Lipinski definition) is 1. The Bertz CT molecular complexity index is 538. The van der Waals surface area contributed by atoms with Gasteiger partial charge in [0.15, 0.2) is 0 Å². The molecule has 0 aliphatic carbocycles. The lowest BCUT2D eigenvalue weighted by molar-refractivity contribution is -0.192. The molecule has 0 unspecified atom stereocenters. The minimum Gasteiger partial charge on any atom is -0.464 e. The highest BCUT2D eigenvalue weighted by Gasteiger charge is 2.66. The summed E-state index contributed by atoms with van der Waals surface area (Å²) in [5.41, 5.74) is -0.541. The fourth-order valence-corrected chi connectivity index (χ4v) is 3.81. The number of thioether (sulfide) groups is 1. The van der Waals surface area contributed by atoms with Crippen molar-refractivity contribution in [1.82, 2.24) is 10.2 Å². The summed E-state index contributed by atoms with van der Waals surface area (Å²) in [6, 6.07) is 0. The lowest BCUT2D eigenvalue weighted by atomic mass is 9.98. The molecule has 1 saturated heterocycles. The van der Waals surface area contributed by atoms with Crippen molar-refractivity contribution in [2.45, 2.75) is 18.0 Å². The van der Waals surface area contributed by atoms with Crippen LogP contribution in [0.4, 0.5) is 0 Å². The number of nitrogens with one attached hydrogen (secondary N) is 1. The van der Waals surface area contributed by atoms with Crippen LogP contribution >= 0.6 is 23.4 Å². The molecule has 0 aromatic carbocycles. The maximum Gasteiger partial charge on any atom is 0.354 e. The molecule has 1 fully saturated rings. The number of β-lactam (4-membered cyclic amide) rings is 1. The standard InChI is InChI=1S/C12H15ClN2O5S/c1-6-5-21-11-12(20-3,14-7(16)4-13)10(18)15(11)8(6)9(17)19-2/h11H,4-5H2,1-3H3,(H,14,16)/t11-,12+/m1/s1. The van der Waals surface area contributed by atoms with E-state index in [1.165, 1.54) is 30.9 Å². The van der Waals surface area contributed by atoms with E-state index in [0.29, 0.717) is 5.75 Å². The number of alkyl halides is 1. The number of fused-ring (bicyclic) bond motifs is 1. The second kappa shape index (κ2) is 5.86. The van der Waals surface area contributed by atoms with Crippen LogP contribution in [0.1, 0.15) is 6.92 Å². The third-order valence-corrected chi connectivity index (χ3v) is 5.07. The molecule has 0 bridgehead atoms. The molecule has 2 aliphatic rings. The summed E-state index contributed by atoms with van der Waals surface area (Å²) in [4.78, 5) is 37.1. The molecule has 21 heavy (non-hydrogen) atoms. The van der Waals surface area contributed by atoms with Crippen LogP contribution < -0.4 is 5.32 Å². The zero-order valence-electron chi connectivity index (χ0n) is 11.8. The first-order chi connectivity index (χ1) is 9.92. The van der Waals surface area contributed by atoms with Crippen LogP contribution in [0.2, 0.25) is 0 Å². The number of halogens is 1. The van der Waals surface area contributed by atoms with Crippen molar-refractivity contribution >= 4 is 41.1 Å². The Morgan fingerprint density at radius 3 is 2.71 bits per heavy atom. The van der Waals surface area contributed by atoms with E-state index in [9.17, 15) is 14.4 Å². The summed E-state index contributed by atoms with van der Waals surface area (Å²) >= 11 is 6.86. The molecular formula is C12H15ClN2O5S. The quantitative estimate of drug-likeness (QED) is 0.338. The first-order valence-corrected chi connectivity index (χ1v) is 7.66. The number of hydrogen-bond acceptors (Lipinski definition) is 6. The molecule has 9 heteroatoms. The van der Waals surface area contributed by atoms with Gasteiger partial charge < -0.3 is 14.8 Å². The van der Waals surface area contributed by atoms with Crippen LogP contribution in [0.5, 0.6) is 0 Å². The topological polar surface area (TPSA) is 84.9 Å². The molecule has 0 spiro atoms. The number of carbonyl (C=O) groups excluding carboxylic acids is 3.